The van der Waals surface area contributed by atoms with Crippen LogP contribution in [0.4, 0.5) is 11.4 Å². The standard InChI is InChI=1S/C14H13N5O/c1-8-2-3-9(11(15)6-8)14(20)18-12-4-5-16-13-10(12)7-17-19-13/h2-7H,15H2,1H3,(H2,16,17,18,19,20). The minimum absolute atomic E-state index is 0.254. The Morgan fingerprint density at radius 3 is 3.00 bits per heavy atom. The number of carbonyl (C=O) groups is 1. The molecule has 0 saturated carbocycles. The van der Waals surface area contributed by atoms with Crippen LogP contribution in [0.25, 0.3) is 11.0 Å². The fourth-order valence-electron chi connectivity index (χ4n) is 2.04. The second-order valence-electron chi connectivity index (χ2n) is 4.54. The molecule has 100 valence electrons. The lowest BCUT2D eigenvalue weighted by molar-refractivity contribution is 0.102. The number of aryl methyl sites for hydroxylation is 1. The number of amides is 1. The number of H-pyrrole nitrogens is 1. The van der Waals surface area contributed by atoms with Crippen molar-refractivity contribution < 1.29 is 4.79 Å². The molecule has 0 spiro atoms. The highest BCUT2D eigenvalue weighted by molar-refractivity contribution is 6.10. The number of aromatic amines is 1. The third-order valence-corrected chi connectivity index (χ3v) is 3.05. The molecule has 20 heavy (non-hydrogen) atoms. The Hall–Kier alpha value is -2.89. The average molecular weight is 267 g/mol. The molecular formula is C14H13N5O. The molecule has 0 radical (unpaired) electrons. The predicted octanol–water partition coefficient (Wildman–Crippen LogP) is 2.10. The van der Waals surface area contributed by atoms with Gasteiger partial charge in [-0.3, -0.25) is 9.89 Å². The Balaban J connectivity index is 1.94. The monoisotopic (exact) mass is 267 g/mol. The smallest absolute Gasteiger partial charge is 0.257 e. The van der Waals surface area contributed by atoms with Gasteiger partial charge in [0.2, 0.25) is 0 Å². The molecule has 0 unspecified atom stereocenters. The van der Waals surface area contributed by atoms with Gasteiger partial charge in [-0.25, -0.2) is 4.98 Å². The van der Waals surface area contributed by atoms with Gasteiger partial charge in [0.25, 0.3) is 5.91 Å². The number of nitrogens with zero attached hydrogens (tertiary/aromatic N) is 2. The topological polar surface area (TPSA) is 96.7 Å². The molecule has 0 aliphatic carbocycles. The molecule has 2 heterocycles. The van der Waals surface area contributed by atoms with Crippen molar-refractivity contribution in [2.75, 3.05) is 11.1 Å². The molecule has 0 aliphatic heterocycles. The van der Waals surface area contributed by atoms with Crippen LogP contribution in [0.5, 0.6) is 0 Å². The lowest BCUT2D eigenvalue weighted by Crippen LogP contribution is -2.14. The second-order valence-corrected chi connectivity index (χ2v) is 4.54. The van der Waals surface area contributed by atoms with Crippen molar-refractivity contribution in [1.82, 2.24) is 15.2 Å². The van der Waals surface area contributed by atoms with E-state index in [4.69, 9.17) is 5.73 Å². The zero-order valence-corrected chi connectivity index (χ0v) is 10.8. The van der Waals surface area contributed by atoms with Crippen molar-refractivity contribution in [3.8, 4) is 0 Å². The van der Waals surface area contributed by atoms with Gasteiger partial charge >= 0.3 is 0 Å². The number of nitrogens with one attached hydrogen (secondary N) is 2. The lowest BCUT2D eigenvalue weighted by atomic mass is 10.1. The van der Waals surface area contributed by atoms with Gasteiger partial charge in [0.15, 0.2) is 5.65 Å². The van der Waals surface area contributed by atoms with Gasteiger partial charge in [0.1, 0.15) is 0 Å². The Morgan fingerprint density at radius 1 is 1.35 bits per heavy atom. The fraction of sp³-hybridized carbons (Fsp3) is 0.0714. The maximum Gasteiger partial charge on any atom is 0.257 e. The maximum atomic E-state index is 12.3. The quantitative estimate of drug-likeness (QED) is 0.619. The maximum absolute atomic E-state index is 12.3. The number of nitrogen functional groups attached to an aromatic ring is 1. The molecular weight excluding hydrogens is 254 g/mol. The third-order valence-electron chi connectivity index (χ3n) is 3.05. The molecule has 3 rings (SSSR count). The van der Waals surface area contributed by atoms with E-state index >= 15 is 0 Å². The number of nitrogens with two attached hydrogens (primary N) is 1. The number of hydrogen-bond acceptors (Lipinski definition) is 4. The van der Waals surface area contributed by atoms with E-state index in [-0.39, 0.29) is 5.91 Å². The van der Waals surface area contributed by atoms with E-state index in [0.29, 0.717) is 22.6 Å². The van der Waals surface area contributed by atoms with Crippen LogP contribution in [0, 0.1) is 6.92 Å². The van der Waals surface area contributed by atoms with Crippen LogP contribution in [0.15, 0.2) is 36.7 Å². The minimum atomic E-state index is -0.254. The van der Waals surface area contributed by atoms with Gasteiger partial charge in [-0.05, 0) is 30.7 Å². The van der Waals surface area contributed by atoms with Crippen LogP contribution < -0.4 is 11.1 Å². The predicted molar refractivity (Wildman–Crippen MR) is 77.4 cm³/mol. The van der Waals surface area contributed by atoms with Gasteiger partial charge < -0.3 is 11.1 Å². The van der Waals surface area contributed by atoms with Crippen molar-refractivity contribution in [1.29, 1.82) is 0 Å². The molecule has 1 aromatic carbocycles. The molecule has 0 aliphatic rings. The number of hydrogen-bond donors (Lipinski definition) is 3. The molecule has 0 saturated heterocycles. The average Bonchev–Trinajstić information content (AvgIpc) is 2.87. The van der Waals surface area contributed by atoms with Crippen LogP contribution in [0.1, 0.15) is 15.9 Å². The Kier molecular flexibility index (Phi) is 2.83. The van der Waals surface area contributed by atoms with Crippen LogP contribution in [0.3, 0.4) is 0 Å². The number of pyridine rings is 1. The second kappa shape index (κ2) is 4.65. The van der Waals surface area contributed by atoms with Crippen molar-refractivity contribution in [2.45, 2.75) is 6.92 Å². The highest BCUT2D eigenvalue weighted by atomic mass is 16.1. The molecule has 6 heteroatoms. The number of anilines is 2. The number of aromatic nitrogens is 3. The number of carbonyl (C=O) groups excluding carboxylic acids is 1. The van der Waals surface area contributed by atoms with Gasteiger partial charge in [0, 0.05) is 11.9 Å². The van der Waals surface area contributed by atoms with Crippen LogP contribution in [-0.4, -0.2) is 21.1 Å². The number of fused-ring (bicyclic) bond motifs is 1. The first-order chi connectivity index (χ1) is 9.65. The normalized spacial score (nSPS) is 10.7. The van der Waals surface area contributed by atoms with Gasteiger partial charge in [-0.15, -0.1) is 0 Å². The van der Waals surface area contributed by atoms with Crippen molar-refractivity contribution >= 4 is 28.3 Å². The van der Waals surface area contributed by atoms with Crippen molar-refractivity contribution in [3.05, 3.63) is 47.8 Å². The molecule has 0 atom stereocenters. The molecule has 0 bridgehead atoms. The van der Waals surface area contributed by atoms with Crippen LogP contribution in [0.2, 0.25) is 0 Å². The van der Waals surface area contributed by atoms with E-state index in [1.807, 2.05) is 13.0 Å². The Morgan fingerprint density at radius 2 is 2.20 bits per heavy atom. The van der Waals surface area contributed by atoms with Gasteiger partial charge in [0.05, 0.1) is 22.8 Å². The summed E-state index contributed by atoms with van der Waals surface area (Å²) in [5.74, 6) is -0.254. The fourth-order valence-corrected chi connectivity index (χ4v) is 2.04. The molecule has 1 amide bonds. The van der Waals surface area contributed by atoms with E-state index in [2.05, 4.69) is 20.5 Å². The first-order valence-corrected chi connectivity index (χ1v) is 6.11. The van der Waals surface area contributed by atoms with Crippen LogP contribution in [-0.2, 0) is 0 Å². The molecule has 0 fully saturated rings. The summed E-state index contributed by atoms with van der Waals surface area (Å²) in [5, 5.41) is 10.2. The van der Waals surface area contributed by atoms with E-state index in [9.17, 15) is 4.79 Å². The summed E-state index contributed by atoms with van der Waals surface area (Å²) in [6, 6.07) is 7.06. The Bertz CT molecular complexity index is 793. The minimum Gasteiger partial charge on any atom is -0.398 e. The number of rotatable bonds is 2. The summed E-state index contributed by atoms with van der Waals surface area (Å²) in [5.41, 5.74) is 9.07. The highest BCUT2D eigenvalue weighted by Crippen LogP contribution is 2.21. The van der Waals surface area contributed by atoms with E-state index < -0.39 is 0 Å². The zero-order valence-electron chi connectivity index (χ0n) is 10.8. The molecule has 6 nitrogen and oxygen atoms in total. The molecule has 3 aromatic rings. The first-order valence-electron chi connectivity index (χ1n) is 6.11. The summed E-state index contributed by atoms with van der Waals surface area (Å²) in [7, 11) is 0. The van der Waals surface area contributed by atoms with E-state index in [1.165, 1.54) is 0 Å². The molecule has 4 N–H and O–H groups in total. The summed E-state index contributed by atoms with van der Waals surface area (Å²) in [4.78, 5) is 16.4. The molecule has 2 aromatic heterocycles. The SMILES string of the molecule is Cc1ccc(C(=O)Nc2ccnc3[nH]ncc23)c(N)c1. The zero-order chi connectivity index (χ0) is 14.1. The third kappa shape index (κ3) is 2.07. The Labute approximate surface area is 115 Å². The first kappa shape index (κ1) is 12.2. The van der Waals surface area contributed by atoms with Crippen LogP contribution >= 0.6 is 0 Å². The highest BCUT2D eigenvalue weighted by Gasteiger charge is 2.12. The lowest BCUT2D eigenvalue weighted by Gasteiger charge is -2.08. The summed E-state index contributed by atoms with van der Waals surface area (Å²) < 4.78 is 0. The summed E-state index contributed by atoms with van der Waals surface area (Å²) >= 11 is 0. The number of benzene rings is 1. The van der Waals surface area contributed by atoms with Gasteiger partial charge in [-0.2, -0.15) is 5.10 Å². The summed E-state index contributed by atoms with van der Waals surface area (Å²) in [6.07, 6.45) is 3.23. The van der Waals surface area contributed by atoms with E-state index in [0.717, 1.165) is 10.9 Å². The van der Waals surface area contributed by atoms with Gasteiger partial charge in [-0.1, -0.05) is 6.07 Å². The largest absolute Gasteiger partial charge is 0.398 e. The summed E-state index contributed by atoms with van der Waals surface area (Å²) in [6.45, 7) is 1.93. The van der Waals surface area contributed by atoms with Crippen molar-refractivity contribution in [3.63, 3.8) is 0 Å². The van der Waals surface area contributed by atoms with Crippen molar-refractivity contribution in [2.24, 2.45) is 0 Å². The van der Waals surface area contributed by atoms with E-state index in [1.54, 1.807) is 30.6 Å².